The molecule has 1 aromatic rings. The van der Waals surface area contributed by atoms with Crippen LogP contribution in [0.2, 0.25) is 0 Å². The molecule has 0 aliphatic rings. The summed E-state index contributed by atoms with van der Waals surface area (Å²) in [6.45, 7) is 5.90. The van der Waals surface area contributed by atoms with Gasteiger partial charge < -0.3 is 5.11 Å². The van der Waals surface area contributed by atoms with E-state index >= 15 is 0 Å². The van der Waals surface area contributed by atoms with E-state index in [1.165, 1.54) is 0 Å². The quantitative estimate of drug-likeness (QED) is 0.781. The molecule has 1 rings (SSSR count). The van der Waals surface area contributed by atoms with Gasteiger partial charge in [0.25, 0.3) is 0 Å². The first-order valence-electron chi connectivity index (χ1n) is 6.53. The minimum Gasteiger partial charge on any atom is -0.480 e. The number of carboxylic acid groups (broad SMARTS) is 1. The molecule has 3 nitrogen and oxygen atoms in total. The lowest BCUT2D eigenvalue weighted by atomic mass is 9.91. The maximum atomic E-state index is 11.5. The number of rotatable bonds is 7. The normalized spacial score (nSPS) is 15.9. The van der Waals surface area contributed by atoms with Crippen molar-refractivity contribution in [2.45, 2.75) is 51.6 Å². The minimum absolute atomic E-state index is 0.208. The van der Waals surface area contributed by atoms with Gasteiger partial charge in [-0.15, -0.1) is 0 Å². The molecule has 0 fully saturated rings. The SMILES string of the molecule is CCCC(C)NC(C)(Cc1ccccc1)C(=O)O. The molecule has 0 saturated carbocycles. The second-order valence-electron chi connectivity index (χ2n) is 5.13. The molecule has 0 aliphatic heterocycles. The molecule has 0 aromatic heterocycles. The molecule has 0 saturated heterocycles. The van der Waals surface area contributed by atoms with E-state index in [2.05, 4.69) is 12.2 Å². The van der Waals surface area contributed by atoms with Crippen LogP contribution in [0.1, 0.15) is 39.2 Å². The third kappa shape index (κ3) is 4.15. The van der Waals surface area contributed by atoms with Crippen molar-refractivity contribution in [3.8, 4) is 0 Å². The minimum atomic E-state index is -0.907. The first kappa shape index (κ1) is 14.7. The number of aliphatic carboxylic acids is 1. The summed E-state index contributed by atoms with van der Waals surface area (Å²) in [5.74, 6) is -0.797. The number of hydrogen-bond acceptors (Lipinski definition) is 2. The van der Waals surface area contributed by atoms with E-state index in [1.54, 1.807) is 6.92 Å². The Kier molecular flexibility index (Phi) is 5.35. The van der Waals surface area contributed by atoms with Gasteiger partial charge in [0.05, 0.1) is 0 Å². The topological polar surface area (TPSA) is 49.3 Å². The highest BCUT2D eigenvalue weighted by Gasteiger charge is 2.34. The Morgan fingerprint density at radius 3 is 2.50 bits per heavy atom. The molecule has 18 heavy (non-hydrogen) atoms. The van der Waals surface area contributed by atoms with Crippen molar-refractivity contribution in [2.24, 2.45) is 0 Å². The van der Waals surface area contributed by atoms with Crippen LogP contribution in [0.5, 0.6) is 0 Å². The summed E-state index contributed by atoms with van der Waals surface area (Å²) in [6.07, 6.45) is 2.53. The molecule has 100 valence electrons. The van der Waals surface area contributed by atoms with Gasteiger partial charge in [0.15, 0.2) is 0 Å². The second kappa shape index (κ2) is 6.55. The van der Waals surface area contributed by atoms with E-state index in [1.807, 2.05) is 37.3 Å². The van der Waals surface area contributed by atoms with Crippen molar-refractivity contribution in [3.05, 3.63) is 35.9 Å². The van der Waals surface area contributed by atoms with Gasteiger partial charge in [-0.25, -0.2) is 0 Å². The Labute approximate surface area is 109 Å². The number of benzene rings is 1. The van der Waals surface area contributed by atoms with Crippen molar-refractivity contribution in [1.29, 1.82) is 0 Å². The summed E-state index contributed by atoms with van der Waals surface area (Å²) in [5.41, 5.74) is 0.134. The van der Waals surface area contributed by atoms with E-state index in [0.717, 1.165) is 18.4 Å². The highest BCUT2D eigenvalue weighted by Crippen LogP contribution is 2.15. The third-order valence-electron chi connectivity index (χ3n) is 3.16. The average molecular weight is 249 g/mol. The van der Waals surface area contributed by atoms with E-state index < -0.39 is 11.5 Å². The zero-order chi connectivity index (χ0) is 13.6. The molecule has 2 unspecified atom stereocenters. The van der Waals surface area contributed by atoms with Gasteiger partial charge in [-0.2, -0.15) is 0 Å². The Hall–Kier alpha value is -1.35. The van der Waals surface area contributed by atoms with Crippen LogP contribution in [0.4, 0.5) is 0 Å². The fraction of sp³-hybridized carbons (Fsp3) is 0.533. The summed E-state index contributed by atoms with van der Waals surface area (Å²) >= 11 is 0. The molecular formula is C15H23NO2. The number of carboxylic acids is 1. The summed E-state index contributed by atoms with van der Waals surface area (Å²) in [4.78, 5) is 11.5. The van der Waals surface area contributed by atoms with E-state index in [9.17, 15) is 9.90 Å². The molecule has 0 radical (unpaired) electrons. The van der Waals surface area contributed by atoms with Gasteiger partial charge >= 0.3 is 5.97 Å². The molecule has 3 heteroatoms. The van der Waals surface area contributed by atoms with Crippen LogP contribution < -0.4 is 5.32 Å². The molecule has 0 aliphatic carbocycles. The van der Waals surface area contributed by atoms with Crippen LogP contribution >= 0.6 is 0 Å². The van der Waals surface area contributed by atoms with E-state index in [0.29, 0.717) is 6.42 Å². The molecule has 0 bridgehead atoms. The van der Waals surface area contributed by atoms with Gasteiger partial charge in [0.2, 0.25) is 0 Å². The first-order chi connectivity index (χ1) is 8.48. The lowest BCUT2D eigenvalue weighted by Gasteiger charge is -2.30. The Morgan fingerprint density at radius 2 is 2.00 bits per heavy atom. The van der Waals surface area contributed by atoms with Gasteiger partial charge in [-0.3, -0.25) is 10.1 Å². The van der Waals surface area contributed by atoms with Crippen LogP contribution in [0.3, 0.4) is 0 Å². The lowest BCUT2D eigenvalue weighted by Crippen LogP contribution is -2.54. The van der Waals surface area contributed by atoms with Crippen LogP contribution in [-0.4, -0.2) is 22.7 Å². The zero-order valence-electron chi connectivity index (χ0n) is 11.4. The predicted molar refractivity (Wildman–Crippen MR) is 73.7 cm³/mol. The first-order valence-corrected chi connectivity index (χ1v) is 6.53. The Balaban J connectivity index is 2.77. The van der Waals surface area contributed by atoms with Gasteiger partial charge in [-0.05, 0) is 25.8 Å². The van der Waals surface area contributed by atoms with Crippen LogP contribution in [0.15, 0.2) is 30.3 Å². The summed E-state index contributed by atoms with van der Waals surface area (Å²) in [5, 5.41) is 12.7. The lowest BCUT2D eigenvalue weighted by molar-refractivity contribution is -0.144. The van der Waals surface area contributed by atoms with Crippen LogP contribution in [0, 0.1) is 0 Å². The molecular weight excluding hydrogens is 226 g/mol. The number of nitrogens with one attached hydrogen (secondary N) is 1. The Bertz CT molecular complexity index is 377. The maximum absolute atomic E-state index is 11.5. The molecule has 2 N–H and O–H groups in total. The fourth-order valence-corrected chi connectivity index (χ4v) is 2.24. The molecule has 0 amide bonds. The average Bonchev–Trinajstić information content (AvgIpc) is 2.30. The smallest absolute Gasteiger partial charge is 0.323 e. The molecule has 0 heterocycles. The molecule has 2 atom stereocenters. The van der Waals surface area contributed by atoms with Crippen molar-refractivity contribution < 1.29 is 9.90 Å². The molecule has 0 spiro atoms. The Morgan fingerprint density at radius 1 is 1.39 bits per heavy atom. The zero-order valence-corrected chi connectivity index (χ0v) is 11.4. The summed E-state index contributed by atoms with van der Waals surface area (Å²) in [6, 6.07) is 9.95. The highest BCUT2D eigenvalue weighted by atomic mass is 16.4. The fourth-order valence-electron chi connectivity index (χ4n) is 2.24. The third-order valence-corrected chi connectivity index (χ3v) is 3.16. The number of carbonyl (C=O) groups is 1. The summed E-state index contributed by atoms with van der Waals surface area (Å²) in [7, 11) is 0. The number of hydrogen-bond donors (Lipinski definition) is 2. The van der Waals surface area contributed by atoms with Crippen LogP contribution in [-0.2, 0) is 11.2 Å². The second-order valence-corrected chi connectivity index (χ2v) is 5.13. The van der Waals surface area contributed by atoms with Crippen LogP contribution in [0.25, 0.3) is 0 Å². The monoisotopic (exact) mass is 249 g/mol. The summed E-state index contributed by atoms with van der Waals surface area (Å²) < 4.78 is 0. The van der Waals surface area contributed by atoms with E-state index in [4.69, 9.17) is 0 Å². The van der Waals surface area contributed by atoms with Gasteiger partial charge in [0, 0.05) is 12.5 Å². The standard InChI is InChI=1S/C15H23NO2/c1-4-8-12(2)16-15(3,14(17)18)11-13-9-6-5-7-10-13/h5-7,9-10,12,16H,4,8,11H2,1-3H3,(H,17,18). The largest absolute Gasteiger partial charge is 0.480 e. The maximum Gasteiger partial charge on any atom is 0.323 e. The van der Waals surface area contributed by atoms with Gasteiger partial charge in [0.1, 0.15) is 5.54 Å². The molecule has 1 aromatic carbocycles. The van der Waals surface area contributed by atoms with E-state index in [-0.39, 0.29) is 6.04 Å². The van der Waals surface area contributed by atoms with Gasteiger partial charge in [-0.1, -0.05) is 43.7 Å². The predicted octanol–water partition coefficient (Wildman–Crippen LogP) is 2.85. The van der Waals surface area contributed by atoms with Crippen molar-refractivity contribution in [2.75, 3.05) is 0 Å². The van der Waals surface area contributed by atoms with Crippen molar-refractivity contribution in [1.82, 2.24) is 5.32 Å². The van der Waals surface area contributed by atoms with Crippen molar-refractivity contribution in [3.63, 3.8) is 0 Å². The van der Waals surface area contributed by atoms with Crippen molar-refractivity contribution >= 4 is 5.97 Å². The highest BCUT2D eigenvalue weighted by molar-refractivity contribution is 5.78.